The van der Waals surface area contributed by atoms with Crippen LogP contribution in [0.3, 0.4) is 0 Å². The number of nitrogens with zero attached hydrogens (tertiary/aromatic N) is 5. The third-order valence-electron chi connectivity index (χ3n) is 33.1. The maximum atomic E-state index is 12.1. The number of rotatable bonds is 30. The third-order valence-corrected chi connectivity index (χ3v) is 33.1. The molecule has 10 aromatic carbocycles. The Labute approximate surface area is 820 Å². The van der Waals surface area contributed by atoms with Crippen molar-refractivity contribution in [2.75, 3.05) is 131 Å². The Bertz CT molecular complexity index is 5480. The van der Waals surface area contributed by atoms with Gasteiger partial charge in [-0.15, -0.1) is 0 Å². The van der Waals surface area contributed by atoms with Crippen molar-refractivity contribution >= 4 is 23.5 Å². The van der Waals surface area contributed by atoms with E-state index in [9.17, 15) is 39.9 Å². The molecule has 0 saturated carbocycles. The number of aliphatic hydroxyl groups is 5. The van der Waals surface area contributed by atoms with Gasteiger partial charge in [-0.2, -0.15) is 0 Å². The van der Waals surface area contributed by atoms with Gasteiger partial charge in [0, 0.05) is 87.1 Å². The zero-order chi connectivity index (χ0) is 95.5. The summed E-state index contributed by atoms with van der Waals surface area (Å²) >= 11 is 0. The fourth-order valence-electron chi connectivity index (χ4n) is 25.2. The lowest BCUT2D eigenvalue weighted by atomic mass is 9.65. The molecule has 15 aliphatic heterocycles. The normalized spacial score (nSPS) is 26.2. The number of hydrogen-bond donors (Lipinski definition) is 6. The second kappa shape index (κ2) is 46.3. The number of aryl methyl sites for hydroxylation is 5. The van der Waals surface area contributed by atoms with Gasteiger partial charge in [0.2, 0.25) is 5.91 Å². The molecule has 10 atom stereocenters. The summed E-state index contributed by atoms with van der Waals surface area (Å²) in [5.41, 5.74) is 10.1. The first-order valence-corrected chi connectivity index (χ1v) is 51.1. The predicted octanol–water partition coefficient (Wildman–Crippen LogP) is 20.1. The Morgan fingerprint density at radius 2 is 0.650 bits per heavy atom. The molecule has 15 heterocycles. The van der Waals surface area contributed by atoms with Crippen molar-refractivity contribution in [1.82, 2.24) is 24.5 Å². The van der Waals surface area contributed by atoms with Gasteiger partial charge in [-0.3, -0.25) is 4.79 Å². The van der Waals surface area contributed by atoms with E-state index >= 15 is 0 Å². The van der Waals surface area contributed by atoms with Crippen molar-refractivity contribution in [1.29, 1.82) is 0 Å². The average Bonchev–Trinajstić information content (AvgIpc) is 0.784. The highest BCUT2D eigenvalue weighted by molar-refractivity contribution is 5.90. The summed E-state index contributed by atoms with van der Waals surface area (Å²) in [6, 6.07) is 88.8. The summed E-state index contributed by atoms with van der Waals surface area (Å²) in [6.45, 7) is 22.6. The van der Waals surface area contributed by atoms with Crippen molar-refractivity contribution < 1.29 is 64.6 Å². The fourth-order valence-corrected chi connectivity index (χ4v) is 25.2. The molecule has 1 amide bonds. The molecule has 0 radical (unpaired) electrons. The van der Waals surface area contributed by atoms with Crippen molar-refractivity contribution in [3.63, 3.8) is 0 Å². The van der Waals surface area contributed by atoms with Crippen LogP contribution in [0, 0.1) is 66.1 Å². The average molecular weight is 1860 g/mol. The van der Waals surface area contributed by atoms with Crippen LogP contribution in [0.5, 0.6) is 11.5 Å². The van der Waals surface area contributed by atoms with Crippen LogP contribution >= 0.6 is 0 Å². The quantitative estimate of drug-likeness (QED) is 0.0231. The van der Waals surface area contributed by atoms with Crippen molar-refractivity contribution in [2.45, 2.75) is 171 Å². The largest absolute Gasteiger partial charge is 0.497 e. The van der Waals surface area contributed by atoms with Crippen LogP contribution in [-0.2, 0) is 74.4 Å². The molecule has 137 heavy (non-hydrogen) atoms. The number of hydrogen-bond acceptors (Lipinski definition) is 17. The molecule has 15 fully saturated rings. The zero-order valence-electron chi connectivity index (χ0n) is 81.8. The van der Waals surface area contributed by atoms with Crippen LogP contribution in [0.25, 0.3) is 0 Å². The van der Waals surface area contributed by atoms with Gasteiger partial charge < -0.3 is 74.3 Å². The molecule has 0 spiro atoms. The van der Waals surface area contributed by atoms with Crippen LogP contribution in [0.4, 0.5) is 5.69 Å². The van der Waals surface area contributed by atoms with E-state index in [1.165, 1.54) is 147 Å². The lowest BCUT2D eigenvalue weighted by Crippen LogP contribution is -2.56. The van der Waals surface area contributed by atoms with Crippen LogP contribution in [0.15, 0.2) is 267 Å². The maximum Gasteiger partial charge on any atom is 0.338 e. The number of ether oxygens (including phenoxy) is 4. The van der Waals surface area contributed by atoms with Crippen LogP contribution in [0.2, 0.25) is 0 Å². The monoisotopic (exact) mass is 1860 g/mol. The Balaban J connectivity index is 0.000000157. The van der Waals surface area contributed by atoms with E-state index in [1.807, 2.05) is 146 Å². The van der Waals surface area contributed by atoms with Crippen molar-refractivity contribution in [3.8, 4) is 11.5 Å². The number of amides is 1. The summed E-state index contributed by atoms with van der Waals surface area (Å²) in [6.07, 6.45) is 18.6. The smallest absolute Gasteiger partial charge is 0.338 e. The summed E-state index contributed by atoms with van der Waals surface area (Å²) in [5.74, 6) is 5.52. The van der Waals surface area contributed by atoms with Gasteiger partial charge in [-0.05, 0) is 346 Å². The number of carbonyl (C=O) groups excluding carboxylic acids is 3. The summed E-state index contributed by atoms with van der Waals surface area (Å²) in [4.78, 5) is 47.5. The highest BCUT2D eigenvalue weighted by Gasteiger charge is 2.53. The van der Waals surface area contributed by atoms with Gasteiger partial charge in [-0.1, -0.05) is 206 Å². The van der Waals surface area contributed by atoms with Crippen LogP contribution in [-0.4, -0.2) is 194 Å². The van der Waals surface area contributed by atoms with Gasteiger partial charge in [0.25, 0.3) is 0 Å². The maximum absolute atomic E-state index is 12.1. The Kier molecular flexibility index (Phi) is 33.7. The Morgan fingerprint density at radius 1 is 0.343 bits per heavy atom. The predicted molar refractivity (Wildman–Crippen MR) is 552 cm³/mol. The van der Waals surface area contributed by atoms with E-state index < -0.39 is 28.0 Å². The summed E-state index contributed by atoms with van der Waals surface area (Å²) < 4.78 is 20.5. The lowest BCUT2D eigenvalue weighted by Gasteiger charge is -2.51. The molecule has 15 aliphatic rings. The lowest BCUT2D eigenvalue weighted by molar-refractivity contribution is -0.114. The molecule has 10 bridgehead atoms. The highest BCUT2D eigenvalue weighted by atomic mass is 16.5. The standard InChI is InChI=1S/C25H31NO3.C24H30N2O2.C24H29NO3.2C23H29NO2.4H2/c1-2-29-24(27)21-8-6-7-19(17-21)11-14-25(28,22-9-4-3-5-10-22)23-18-26-15-12-20(23)13-16-26;1-18(27)25-22-9-7-19(8-10-22)11-14-24(28,21-5-3-2-4-6-21)23-17-26-15-12-20(23)13-16-26;1-28-23(26)20-9-7-18(8-10-20)11-14-24(27,21-5-3-2-4-6-21)22-17-25-15-12-19(22)13-16-25;1-17-5-3-4-6-21(17)23(25,15-18-7-9-20(26-2)10-8-18)22-16-24-13-11-19(22)12-14-24;1-26-21-9-7-18(8-10-21)11-14-23(25,20-5-3-2-4-6-20)22-17-24-15-12-19(22)13-16-24;;;;/h3-10,17,20,23,28H,2,11-16,18H2,1H3;2-10,20,23,28H,11-17H2,1H3,(H,25,27);2-10,19,22,27H,11-17H2,1H3;3-10,19,22,25H,11-16H2,1-2H3;2-10,19,22,25H,11-17H2,1H3;4*1H. The summed E-state index contributed by atoms with van der Waals surface area (Å²) in [7, 11) is 4.77. The van der Waals surface area contributed by atoms with E-state index in [4.69, 9.17) is 18.9 Å². The summed E-state index contributed by atoms with van der Waals surface area (Å²) in [5, 5.41) is 62.9. The number of esters is 2. The van der Waals surface area contributed by atoms with Crippen molar-refractivity contribution in [2.24, 2.45) is 59.2 Å². The number of piperidine rings is 15. The van der Waals surface area contributed by atoms with E-state index in [2.05, 4.69) is 146 Å². The molecule has 0 aromatic heterocycles. The second-order valence-corrected chi connectivity index (χ2v) is 41.0. The molecule has 734 valence electrons. The molecule has 18 nitrogen and oxygen atoms in total. The molecule has 25 rings (SSSR count). The number of nitrogens with one attached hydrogen (secondary N) is 1. The van der Waals surface area contributed by atoms with Crippen LogP contribution in [0.1, 0.15) is 191 Å². The topological polar surface area (TPSA) is 218 Å². The van der Waals surface area contributed by atoms with Gasteiger partial charge in [0.05, 0.1) is 67.1 Å². The third kappa shape index (κ3) is 24.1. The van der Waals surface area contributed by atoms with E-state index in [1.54, 1.807) is 32.4 Å². The first kappa shape index (κ1) is 99.8. The van der Waals surface area contributed by atoms with Gasteiger partial charge in [0.15, 0.2) is 0 Å². The SMILES string of the molecule is CC(=O)Nc1ccc(CCC(O)(c2ccccc2)C2CN3CCC2CC3)cc1.CCOC(=O)c1cccc(CCC(O)(c2ccccc2)C2CN3CCC2CC3)c1.COC(=O)c1ccc(CCC(O)(c2ccccc2)C2CN3CCC2CC3)cc1.COc1ccc(CC(O)(c2ccccc2C)C2CN3CCC2CC3)cc1.COc1ccc(CCC(O)(c2ccccc2)C2CN3CCC2CC3)cc1.[HH].[HH].[HH].[HH]. The minimum Gasteiger partial charge on any atom is -0.497 e. The molecule has 15 saturated heterocycles. The van der Waals surface area contributed by atoms with Gasteiger partial charge >= 0.3 is 11.9 Å². The zero-order valence-corrected chi connectivity index (χ0v) is 81.8. The Morgan fingerprint density at radius 3 is 0.956 bits per heavy atom. The minimum atomic E-state index is -0.856. The second-order valence-electron chi connectivity index (χ2n) is 41.0. The van der Waals surface area contributed by atoms with Gasteiger partial charge in [-0.25, -0.2) is 9.59 Å². The molecule has 0 aliphatic carbocycles. The number of anilines is 1. The molecular formula is C119H156N6O12. The van der Waals surface area contributed by atoms with E-state index in [-0.39, 0.29) is 47.2 Å². The molecule has 10 unspecified atom stereocenters. The number of fused-ring (bicyclic) bond motifs is 15. The fraction of sp³-hybridized carbons (Fsp3) is 0.471. The first-order valence-electron chi connectivity index (χ1n) is 51.1. The molecular weight excluding hydrogens is 1710 g/mol. The van der Waals surface area contributed by atoms with Gasteiger partial charge in [0.1, 0.15) is 11.5 Å². The highest BCUT2D eigenvalue weighted by Crippen LogP contribution is 2.52. The molecule has 10 aromatic rings. The number of methoxy groups -OCH3 is 3. The number of carbonyl (C=O) groups is 3. The molecule has 18 heteroatoms. The minimum absolute atomic E-state index is 0. The van der Waals surface area contributed by atoms with Crippen LogP contribution < -0.4 is 14.8 Å². The molecule has 6 N–H and O–H groups in total. The number of benzene rings is 10. The van der Waals surface area contributed by atoms with E-state index in [0.29, 0.717) is 78.9 Å². The van der Waals surface area contributed by atoms with Crippen molar-refractivity contribution in [3.05, 3.63) is 339 Å². The Hall–Kier alpha value is -10.2. The van der Waals surface area contributed by atoms with E-state index in [0.717, 1.165) is 140 Å². The first-order chi connectivity index (χ1) is 66.5.